The van der Waals surface area contributed by atoms with Crippen LogP contribution in [0.1, 0.15) is 139 Å². The van der Waals surface area contributed by atoms with Gasteiger partial charge in [-0.15, -0.1) is 0 Å². The number of unbranched alkanes of at least 4 members (excludes halogenated alkanes) is 6. The van der Waals surface area contributed by atoms with Gasteiger partial charge in [0.1, 0.15) is 17.2 Å². The summed E-state index contributed by atoms with van der Waals surface area (Å²) in [6.45, 7) is 12.7. The van der Waals surface area contributed by atoms with Gasteiger partial charge in [-0.3, -0.25) is 14.6 Å². The van der Waals surface area contributed by atoms with Gasteiger partial charge in [0.05, 0.1) is 56.4 Å². The second-order valence-corrected chi connectivity index (χ2v) is 21.1. The highest BCUT2D eigenvalue weighted by atomic mass is 16.5. The molecule has 79 heavy (non-hydrogen) atoms. The summed E-state index contributed by atoms with van der Waals surface area (Å²) in [6, 6.07) is 46.3. The van der Waals surface area contributed by atoms with Crippen LogP contribution in [0.4, 0.5) is 0 Å². The third kappa shape index (κ3) is 20.4. The van der Waals surface area contributed by atoms with Crippen LogP contribution in [0, 0.1) is 25.7 Å². The second-order valence-electron chi connectivity index (χ2n) is 21.1. The molecule has 2 aromatic heterocycles. The number of esters is 2. The Morgan fingerprint density at radius 1 is 0.456 bits per heavy atom. The maximum absolute atomic E-state index is 12.7. The molecule has 1 aliphatic carbocycles. The van der Waals surface area contributed by atoms with Crippen molar-refractivity contribution >= 4 is 11.9 Å². The summed E-state index contributed by atoms with van der Waals surface area (Å²) < 4.78 is 28.7. The van der Waals surface area contributed by atoms with Crippen LogP contribution < -0.4 is 18.9 Å². The number of carbonyl (C=O) groups is 2. The molecule has 0 saturated heterocycles. The highest BCUT2D eigenvalue weighted by Gasteiger charge is 2.32. The van der Waals surface area contributed by atoms with Crippen LogP contribution in [-0.4, -0.2) is 52.8 Å². The van der Waals surface area contributed by atoms with Crippen molar-refractivity contribution in [2.45, 2.75) is 150 Å². The van der Waals surface area contributed by atoms with Gasteiger partial charge >= 0.3 is 11.9 Å². The van der Waals surface area contributed by atoms with E-state index in [9.17, 15) is 9.59 Å². The molecule has 1 fully saturated rings. The first kappa shape index (κ1) is 59.3. The molecular weight excluding hydrogens is 983 g/mol. The van der Waals surface area contributed by atoms with Crippen molar-refractivity contribution in [3.63, 3.8) is 0 Å². The number of ether oxygens (including phenoxy) is 5. The Hall–Kier alpha value is -7.33. The zero-order chi connectivity index (χ0) is 55.4. The molecule has 2 heterocycles. The SMILES string of the molecule is CCCC(C)OC(=O)C1CCC(C(=O)Oc2cnc(-c3ccc(-c4ccc(C)cc4)cc3)nc2)CC1.CCCCCOc1ccc(CCCCc2ccc(OCCCCCCOc3ccc(-c4ccc(C)cc4)cc3)cc2)nc1. The van der Waals surface area contributed by atoms with Gasteiger partial charge in [0, 0.05) is 11.3 Å². The summed E-state index contributed by atoms with van der Waals surface area (Å²) in [5, 5.41) is 0. The van der Waals surface area contributed by atoms with Crippen molar-refractivity contribution in [2.75, 3.05) is 19.8 Å². The molecule has 416 valence electrons. The number of hydrogen-bond acceptors (Lipinski definition) is 10. The minimum Gasteiger partial charge on any atom is -0.494 e. The topological polar surface area (TPSA) is 119 Å². The van der Waals surface area contributed by atoms with Gasteiger partial charge in [0.2, 0.25) is 0 Å². The first-order valence-electron chi connectivity index (χ1n) is 29.1. The summed E-state index contributed by atoms with van der Waals surface area (Å²) in [4.78, 5) is 38.4. The van der Waals surface area contributed by atoms with Gasteiger partial charge in [-0.1, -0.05) is 141 Å². The van der Waals surface area contributed by atoms with E-state index in [1.807, 2.05) is 37.4 Å². The maximum atomic E-state index is 12.7. The highest BCUT2D eigenvalue weighted by Crippen LogP contribution is 2.32. The lowest BCUT2D eigenvalue weighted by Crippen LogP contribution is -2.30. The first-order valence-corrected chi connectivity index (χ1v) is 29.1. The predicted molar refractivity (Wildman–Crippen MR) is 318 cm³/mol. The molecule has 1 unspecified atom stereocenters. The molecule has 5 aromatic carbocycles. The minimum atomic E-state index is -0.292. The Labute approximate surface area is 470 Å². The lowest BCUT2D eigenvalue weighted by atomic mass is 9.82. The molecule has 0 bridgehead atoms. The van der Waals surface area contributed by atoms with Crippen molar-refractivity contribution in [1.82, 2.24) is 15.0 Å². The molecule has 1 aliphatic rings. The number of hydrogen-bond donors (Lipinski definition) is 0. The number of nitrogens with zero attached hydrogens (tertiary/aromatic N) is 3. The van der Waals surface area contributed by atoms with Crippen LogP contribution in [0.2, 0.25) is 0 Å². The zero-order valence-corrected chi connectivity index (χ0v) is 47.5. The van der Waals surface area contributed by atoms with Gasteiger partial charge in [-0.25, -0.2) is 9.97 Å². The Bertz CT molecular complexity index is 2830. The fourth-order valence-electron chi connectivity index (χ4n) is 9.60. The number of carbonyl (C=O) groups excluding carboxylic acids is 2. The normalized spacial score (nSPS) is 14.3. The number of rotatable bonds is 28. The molecule has 10 heteroatoms. The van der Waals surface area contributed by atoms with Crippen molar-refractivity contribution in [1.29, 1.82) is 0 Å². The van der Waals surface area contributed by atoms with Gasteiger partial charge < -0.3 is 23.7 Å². The molecule has 8 rings (SSSR count). The predicted octanol–water partition coefficient (Wildman–Crippen LogP) is 16.8. The average Bonchev–Trinajstić information content (AvgIpc) is 3.48. The first-order chi connectivity index (χ1) is 38.6. The van der Waals surface area contributed by atoms with Crippen molar-refractivity contribution in [3.8, 4) is 56.6 Å². The zero-order valence-electron chi connectivity index (χ0n) is 47.5. The van der Waals surface area contributed by atoms with Crippen molar-refractivity contribution in [3.05, 3.63) is 174 Å². The molecule has 0 amide bonds. The maximum Gasteiger partial charge on any atom is 0.314 e. The number of aromatic nitrogens is 3. The van der Waals surface area contributed by atoms with E-state index < -0.39 is 0 Å². The largest absolute Gasteiger partial charge is 0.494 e. The second kappa shape index (κ2) is 32.5. The van der Waals surface area contributed by atoms with Gasteiger partial charge in [0.25, 0.3) is 0 Å². The van der Waals surface area contributed by atoms with Gasteiger partial charge in [-0.2, -0.15) is 0 Å². The standard InChI is InChI=1S/C39H49NO3.C30H34N2O4/c1-3-4-9-28-43-39-27-22-36(40-31-39)13-8-7-12-33-16-23-37(24-17-33)41-29-10-5-6-11-30-42-38-25-20-35(21-26-38)34-18-14-32(2)15-19-34;1-4-5-21(3)35-29(33)25-14-16-26(17-15-25)30(34)36-27-18-31-28(32-19-27)24-12-10-23(11-13-24)22-8-6-20(2)7-9-22/h14-27,31H,3-13,28-30H2,1-2H3;6-13,18-19,21,25-26H,4-5,14-17H2,1-3H3. The summed E-state index contributed by atoms with van der Waals surface area (Å²) >= 11 is 0. The Kier molecular flexibility index (Phi) is 24.4. The molecular formula is C69H83N3O7. The van der Waals surface area contributed by atoms with E-state index >= 15 is 0 Å². The fourth-order valence-corrected chi connectivity index (χ4v) is 9.60. The average molecular weight is 1070 g/mol. The summed E-state index contributed by atoms with van der Waals surface area (Å²) in [6.07, 6.45) is 21.6. The molecule has 0 N–H and O–H groups in total. The van der Waals surface area contributed by atoms with Crippen LogP contribution in [0.25, 0.3) is 33.6 Å². The monoisotopic (exact) mass is 1070 g/mol. The van der Waals surface area contributed by atoms with Gasteiger partial charge in [0.15, 0.2) is 11.6 Å². The molecule has 7 aromatic rings. The molecule has 1 saturated carbocycles. The van der Waals surface area contributed by atoms with E-state index in [1.54, 1.807) is 0 Å². The lowest BCUT2D eigenvalue weighted by molar-refractivity contribution is -0.156. The quantitative estimate of drug-likeness (QED) is 0.0346. The Balaban J connectivity index is 0.000000232. The molecule has 0 spiro atoms. The van der Waals surface area contributed by atoms with E-state index in [0.717, 1.165) is 130 Å². The van der Waals surface area contributed by atoms with Crippen LogP contribution in [0.15, 0.2) is 152 Å². The Morgan fingerprint density at radius 3 is 1.42 bits per heavy atom. The minimum absolute atomic E-state index is 0.0562. The fraction of sp³-hybridized carbons (Fsp3) is 0.406. The molecule has 10 nitrogen and oxygen atoms in total. The summed E-state index contributed by atoms with van der Waals surface area (Å²) in [7, 11) is 0. The van der Waals surface area contributed by atoms with Gasteiger partial charge in [-0.05, 0) is 175 Å². The Morgan fingerprint density at radius 2 is 0.899 bits per heavy atom. The third-order valence-electron chi connectivity index (χ3n) is 14.5. The van der Waals surface area contributed by atoms with E-state index in [0.29, 0.717) is 37.3 Å². The van der Waals surface area contributed by atoms with Crippen molar-refractivity contribution < 1.29 is 33.3 Å². The van der Waals surface area contributed by atoms with E-state index in [1.165, 1.54) is 53.1 Å². The van der Waals surface area contributed by atoms with Crippen LogP contribution in [-0.2, 0) is 27.2 Å². The lowest BCUT2D eigenvalue weighted by Gasteiger charge is -2.26. The number of aryl methyl sites for hydroxylation is 4. The van der Waals surface area contributed by atoms with Crippen LogP contribution in [0.5, 0.6) is 23.0 Å². The van der Waals surface area contributed by atoms with Crippen molar-refractivity contribution in [2.24, 2.45) is 11.8 Å². The van der Waals surface area contributed by atoms with Crippen LogP contribution >= 0.6 is 0 Å². The van der Waals surface area contributed by atoms with E-state index in [4.69, 9.17) is 23.7 Å². The number of benzene rings is 5. The summed E-state index contributed by atoms with van der Waals surface area (Å²) in [5.74, 6) is 2.89. The molecule has 1 atom stereocenters. The number of pyridine rings is 1. The highest BCUT2D eigenvalue weighted by molar-refractivity contribution is 5.77. The molecule has 0 radical (unpaired) electrons. The molecule has 0 aliphatic heterocycles. The van der Waals surface area contributed by atoms with E-state index in [2.05, 4.69) is 152 Å². The smallest absolute Gasteiger partial charge is 0.314 e. The van der Waals surface area contributed by atoms with Crippen LogP contribution in [0.3, 0.4) is 0 Å². The third-order valence-corrected chi connectivity index (χ3v) is 14.5. The van der Waals surface area contributed by atoms with E-state index in [-0.39, 0.29) is 29.9 Å². The summed E-state index contributed by atoms with van der Waals surface area (Å²) in [5.41, 5.74) is 10.6.